The van der Waals surface area contributed by atoms with Crippen LogP contribution in [0, 0.1) is 18.8 Å². The molecule has 0 bridgehead atoms. The molecule has 2 heterocycles. The van der Waals surface area contributed by atoms with Crippen molar-refractivity contribution in [1.82, 2.24) is 25.1 Å². The predicted octanol–water partition coefficient (Wildman–Crippen LogP) is 3.20. The Morgan fingerprint density at radius 2 is 1.75 bits per heavy atom. The summed E-state index contributed by atoms with van der Waals surface area (Å²) >= 11 is 0. The van der Waals surface area contributed by atoms with Crippen LogP contribution in [0.15, 0.2) is 30.6 Å². The SMILES string of the molecule is COCCCOc1cc(C(=O)N(C[C@H]2CNC[C@H]2CN(C(=O)c2cnc(C)cn2)C2CC2)C(C)C)ccc1OC. The van der Waals surface area contributed by atoms with Crippen molar-refractivity contribution < 1.29 is 23.8 Å². The zero-order valence-corrected chi connectivity index (χ0v) is 24.4. The quantitative estimate of drug-likeness (QED) is 0.356. The Morgan fingerprint density at radius 3 is 2.38 bits per heavy atom. The summed E-state index contributed by atoms with van der Waals surface area (Å²) in [7, 11) is 3.25. The highest BCUT2D eigenvalue weighted by Crippen LogP contribution is 2.32. The molecular formula is C30H43N5O5. The average Bonchev–Trinajstić information content (AvgIpc) is 3.70. The largest absolute Gasteiger partial charge is 0.493 e. The number of carbonyl (C=O) groups is 2. The number of methoxy groups -OCH3 is 2. The number of aromatic nitrogens is 2. The zero-order chi connectivity index (χ0) is 28.6. The molecule has 10 heteroatoms. The molecule has 10 nitrogen and oxygen atoms in total. The second-order valence-electron chi connectivity index (χ2n) is 11.0. The molecule has 40 heavy (non-hydrogen) atoms. The van der Waals surface area contributed by atoms with E-state index in [9.17, 15) is 9.59 Å². The van der Waals surface area contributed by atoms with Crippen molar-refractivity contribution in [2.24, 2.45) is 11.8 Å². The Labute approximate surface area is 237 Å². The molecule has 1 aliphatic carbocycles. The topological polar surface area (TPSA) is 106 Å². The number of hydrogen-bond donors (Lipinski definition) is 1. The van der Waals surface area contributed by atoms with E-state index in [1.54, 1.807) is 44.8 Å². The van der Waals surface area contributed by atoms with Gasteiger partial charge in [-0.25, -0.2) is 4.98 Å². The van der Waals surface area contributed by atoms with E-state index in [2.05, 4.69) is 15.3 Å². The molecular weight excluding hydrogens is 510 g/mol. The lowest BCUT2D eigenvalue weighted by Gasteiger charge is -2.33. The van der Waals surface area contributed by atoms with Crippen molar-refractivity contribution in [2.45, 2.75) is 52.1 Å². The molecule has 2 amide bonds. The van der Waals surface area contributed by atoms with Crippen molar-refractivity contribution in [1.29, 1.82) is 0 Å². The van der Waals surface area contributed by atoms with Gasteiger partial charge in [0.2, 0.25) is 0 Å². The van der Waals surface area contributed by atoms with Crippen LogP contribution in [0.1, 0.15) is 59.7 Å². The summed E-state index contributed by atoms with van der Waals surface area (Å²) in [4.78, 5) is 39.6. The van der Waals surface area contributed by atoms with Crippen LogP contribution in [0.25, 0.3) is 0 Å². The van der Waals surface area contributed by atoms with Gasteiger partial charge in [-0.2, -0.15) is 0 Å². The maximum absolute atomic E-state index is 13.8. The lowest BCUT2D eigenvalue weighted by Crippen LogP contribution is -2.45. The first-order valence-corrected chi connectivity index (χ1v) is 14.2. The number of nitrogens with zero attached hydrogens (tertiary/aromatic N) is 4. The Balaban J connectivity index is 1.45. The van der Waals surface area contributed by atoms with Crippen LogP contribution in [0.3, 0.4) is 0 Å². The van der Waals surface area contributed by atoms with Gasteiger partial charge in [-0.15, -0.1) is 0 Å². The number of hydrogen-bond acceptors (Lipinski definition) is 8. The average molecular weight is 554 g/mol. The van der Waals surface area contributed by atoms with E-state index >= 15 is 0 Å². The van der Waals surface area contributed by atoms with E-state index in [-0.39, 0.29) is 35.7 Å². The third-order valence-electron chi connectivity index (χ3n) is 7.64. The van der Waals surface area contributed by atoms with Crippen LogP contribution in [0.4, 0.5) is 0 Å². The standard InChI is InChI=1S/C30H43N5O5/c1-20(2)34(29(36)22-7-10-27(39-5)28(13-22)40-12-6-11-38-4)18-23-15-31-16-24(23)19-35(25-8-9-25)30(37)26-17-32-21(3)14-33-26/h7,10,13-14,17,20,23-25,31H,6,8-9,11-12,15-16,18-19H2,1-5H3/t23-,24+/m1/s1. The Hall–Kier alpha value is -3.24. The molecule has 4 rings (SSSR count). The van der Waals surface area contributed by atoms with E-state index in [0.29, 0.717) is 49.1 Å². The Bertz CT molecular complexity index is 1140. The lowest BCUT2D eigenvalue weighted by molar-refractivity contribution is 0.0610. The number of aryl methyl sites for hydroxylation is 1. The maximum atomic E-state index is 13.8. The Kier molecular flexibility index (Phi) is 10.3. The highest BCUT2D eigenvalue weighted by molar-refractivity contribution is 5.95. The van der Waals surface area contributed by atoms with Crippen molar-refractivity contribution in [3.05, 3.63) is 47.5 Å². The van der Waals surface area contributed by atoms with Crippen LogP contribution in [0.2, 0.25) is 0 Å². The molecule has 2 fully saturated rings. The van der Waals surface area contributed by atoms with Gasteiger partial charge in [-0.1, -0.05) is 0 Å². The van der Waals surface area contributed by atoms with Crippen LogP contribution in [-0.2, 0) is 4.74 Å². The van der Waals surface area contributed by atoms with E-state index in [0.717, 1.165) is 38.0 Å². The lowest BCUT2D eigenvalue weighted by atomic mass is 9.93. The van der Waals surface area contributed by atoms with Crippen LogP contribution >= 0.6 is 0 Å². The summed E-state index contributed by atoms with van der Waals surface area (Å²) < 4.78 is 16.5. The fourth-order valence-corrected chi connectivity index (χ4v) is 5.16. The molecule has 2 aliphatic rings. The second kappa shape index (κ2) is 13.9. The highest BCUT2D eigenvalue weighted by atomic mass is 16.5. The van der Waals surface area contributed by atoms with Crippen LogP contribution in [-0.4, -0.2) is 97.3 Å². The van der Waals surface area contributed by atoms with Gasteiger partial charge in [0.05, 0.1) is 25.6 Å². The van der Waals surface area contributed by atoms with E-state index < -0.39 is 0 Å². The van der Waals surface area contributed by atoms with Gasteiger partial charge in [0.1, 0.15) is 5.69 Å². The normalized spacial score (nSPS) is 18.6. The molecule has 1 aromatic heterocycles. The maximum Gasteiger partial charge on any atom is 0.274 e. The van der Waals surface area contributed by atoms with Crippen molar-refractivity contribution >= 4 is 11.8 Å². The summed E-state index contributed by atoms with van der Waals surface area (Å²) in [6, 6.07) is 5.60. The monoisotopic (exact) mass is 553 g/mol. The highest BCUT2D eigenvalue weighted by Gasteiger charge is 2.39. The summed E-state index contributed by atoms with van der Waals surface area (Å²) in [5.74, 6) is 1.48. The minimum atomic E-state index is -0.0614. The molecule has 2 atom stereocenters. The molecule has 2 aromatic rings. The van der Waals surface area contributed by atoms with Gasteiger partial charge in [-0.05, 0) is 63.6 Å². The number of amides is 2. The third kappa shape index (κ3) is 7.48. The van der Waals surface area contributed by atoms with E-state index in [4.69, 9.17) is 14.2 Å². The molecule has 0 unspecified atom stereocenters. The molecule has 1 aliphatic heterocycles. The molecule has 0 radical (unpaired) electrons. The van der Waals surface area contributed by atoms with Gasteiger partial charge in [-0.3, -0.25) is 14.6 Å². The van der Waals surface area contributed by atoms with Crippen LogP contribution < -0.4 is 14.8 Å². The molecule has 1 saturated heterocycles. The summed E-state index contributed by atoms with van der Waals surface area (Å²) in [6.07, 6.45) is 5.98. The molecule has 218 valence electrons. The summed E-state index contributed by atoms with van der Waals surface area (Å²) in [5.41, 5.74) is 1.74. The smallest absolute Gasteiger partial charge is 0.274 e. The number of benzene rings is 1. The predicted molar refractivity (Wildman–Crippen MR) is 152 cm³/mol. The molecule has 1 N–H and O–H groups in total. The van der Waals surface area contributed by atoms with Gasteiger partial charge in [0.15, 0.2) is 11.5 Å². The fourth-order valence-electron chi connectivity index (χ4n) is 5.16. The van der Waals surface area contributed by atoms with E-state index in [1.807, 2.05) is 30.6 Å². The first-order valence-electron chi connectivity index (χ1n) is 14.2. The molecule has 1 saturated carbocycles. The van der Waals surface area contributed by atoms with Crippen molar-refractivity contribution in [2.75, 3.05) is 53.6 Å². The van der Waals surface area contributed by atoms with E-state index in [1.165, 1.54) is 0 Å². The van der Waals surface area contributed by atoms with Gasteiger partial charge in [0.25, 0.3) is 11.8 Å². The van der Waals surface area contributed by atoms with Gasteiger partial charge < -0.3 is 29.3 Å². The Morgan fingerprint density at radius 1 is 1.00 bits per heavy atom. The summed E-state index contributed by atoms with van der Waals surface area (Å²) in [6.45, 7) is 9.85. The first kappa shape index (κ1) is 29.7. The minimum Gasteiger partial charge on any atom is -0.493 e. The molecule has 1 aromatic carbocycles. The van der Waals surface area contributed by atoms with Crippen LogP contribution in [0.5, 0.6) is 11.5 Å². The fraction of sp³-hybridized carbons (Fsp3) is 0.600. The second-order valence-corrected chi connectivity index (χ2v) is 11.0. The summed E-state index contributed by atoms with van der Waals surface area (Å²) in [5, 5.41) is 3.50. The van der Waals surface area contributed by atoms with Crippen molar-refractivity contribution in [3.8, 4) is 11.5 Å². The van der Waals surface area contributed by atoms with Crippen molar-refractivity contribution in [3.63, 3.8) is 0 Å². The van der Waals surface area contributed by atoms with Gasteiger partial charge in [0, 0.05) is 70.2 Å². The number of ether oxygens (including phenoxy) is 3. The van der Waals surface area contributed by atoms with Gasteiger partial charge >= 0.3 is 0 Å². The molecule has 0 spiro atoms. The first-order chi connectivity index (χ1) is 19.3. The third-order valence-corrected chi connectivity index (χ3v) is 7.64. The number of nitrogens with one attached hydrogen (secondary N) is 1. The zero-order valence-electron chi connectivity index (χ0n) is 24.4. The minimum absolute atomic E-state index is 0.00548. The number of carbonyl (C=O) groups excluding carboxylic acids is 2. The number of rotatable bonds is 14.